The average Bonchev–Trinajstić information content (AvgIpc) is 2.10. The van der Waals surface area contributed by atoms with Gasteiger partial charge in [-0.2, -0.15) is 0 Å². The van der Waals surface area contributed by atoms with E-state index in [1.807, 2.05) is 0 Å². The predicted molar refractivity (Wildman–Crippen MR) is 55.0 cm³/mol. The van der Waals surface area contributed by atoms with Crippen LogP contribution in [0, 0.1) is 5.92 Å². The van der Waals surface area contributed by atoms with Gasteiger partial charge < -0.3 is 14.8 Å². The van der Waals surface area contributed by atoms with Crippen molar-refractivity contribution >= 4 is 0 Å². The Morgan fingerprint density at radius 1 is 1.15 bits per heavy atom. The van der Waals surface area contributed by atoms with Crippen LogP contribution in [0.1, 0.15) is 20.3 Å². The maximum absolute atomic E-state index is 5.13. The fourth-order valence-electron chi connectivity index (χ4n) is 1.17. The van der Waals surface area contributed by atoms with Crippen molar-refractivity contribution in [2.24, 2.45) is 5.92 Å². The minimum absolute atomic E-state index is 0.460. The van der Waals surface area contributed by atoms with Crippen LogP contribution in [0.5, 0.6) is 0 Å². The van der Waals surface area contributed by atoms with Crippen molar-refractivity contribution in [1.82, 2.24) is 5.32 Å². The fourth-order valence-corrected chi connectivity index (χ4v) is 1.17. The molecule has 1 unspecified atom stereocenters. The first-order valence-corrected chi connectivity index (χ1v) is 4.93. The van der Waals surface area contributed by atoms with Gasteiger partial charge in [-0.25, -0.2) is 0 Å². The number of rotatable bonds is 8. The Balaban J connectivity index is 3.45. The monoisotopic (exact) mass is 189 g/mol. The molecule has 3 heteroatoms. The number of methoxy groups -OCH3 is 2. The first kappa shape index (κ1) is 12.9. The second-order valence-corrected chi connectivity index (χ2v) is 3.61. The highest BCUT2D eigenvalue weighted by atomic mass is 16.5. The van der Waals surface area contributed by atoms with E-state index < -0.39 is 0 Å². The van der Waals surface area contributed by atoms with Crippen LogP contribution < -0.4 is 5.32 Å². The predicted octanol–water partition coefficient (Wildman–Crippen LogP) is 1.28. The summed E-state index contributed by atoms with van der Waals surface area (Å²) in [6.45, 7) is 7.01. The molecular formula is C10H23NO2. The molecule has 0 radical (unpaired) electrons. The molecule has 0 aliphatic rings. The van der Waals surface area contributed by atoms with Crippen LogP contribution in [-0.4, -0.2) is 40.0 Å². The third-order valence-corrected chi connectivity index (χ3v) is 2.08. The Hall–Kier alpha value is -0.120. The van der Waals surface area contributed by atoms with Crippen LogP contribution in [-0.2, 0) is 9.47 Å². The van der Waals surface area contributed by atoms with Gasteiger partial charge in [0, 0.05) is 26.9 Å². The lowest BCUT2D eigenvalue weighted by molar-refractivity contribution is 0.143. The summed E-state index contributed by atoms with van der Waals surface area (Å²) < 4.78 is 10.1. The van der Waals surface area contributed by atoms with E-state index in [1.54, 1.807) is 14.2 Å². The molecule has 0 aliphatic carbocycles. The molecular weight excluding hydrogens is 166 g/mol. The maximum Gasteiger partial charge on any atom is 0.0618 e. The van der Waals surface area contributed by atoms with E-state index in [2.05, 4.69) is 19.2 Å². The van der Waals surface area contributed by atoms with Gasteiger partial charge in [0.15, 0.2) is 0 Å². The summed E-state index contributed by atoms with van der Waals surface area (Å²) in [4.78, 5) is 0. The first-order chi connectivity index (χ1) is 6.22. The lowest BCUT2D eigenvalue weighted by Crippen LogP contribution is -2.38. The lowest BCUT2D eigenvalue weighted by Gasteiger charge is -2.21. The summed E-state index contributed by atoms with van der Waals surface area (Å²) in [5, 5.41) is 3.45. The van der Waals surface area contributed by atoms with E-state index in [1.165, 1.54) is 0 Å². The lowest BCUT2D eigenvalue weighted by atomic mass is 10.1. The number of hydrogen-bond donors (Lipinski definition) is 1. The molecule has 0 saturated carbocycles. The van der Waals surface area contributed by atoms with E-state index >= 15 is 0 Å². The second kappa shape index (κ2) is 8.48. The van der Waals surface area contributed by atoms with Gasteiger partial charge in [-0.05, 0) is 18.9 Å². The van der Waals surface area contributed by atoms with Crippen molar-refractivity contribution in [2.45, 2.75) is 26.3 Å². The molecule has 13 heavy (non-hydrogen) atoms. The number of nitrogens with one attached hydrogen (secondary N) is 1. The smallest absolute Gasteiger partial charge is 0.0618 e. The molecule has 0 spiro atoms. The van der Waals surface area contributed by atoms with Crippen LogP contribution in [0.4, 0.5) is 0 Å². The van der Waals surface area contributed by atoms with Crippen molar-refractivity contribution in [3.8, 4) is 0 Å². The van der Waals surface area contributed by atoms with Crippen LogP contribution in [0.3, 0.4) is 0 Å². The molecule has 80 valence electrons. The van der Waals surface area contributed by atoms with Crippen LogP contribution in [0.2, 0.25) is 0 Å². The highest BCUT2D eigenvalue weighted by Gasteiger charge is 2.11. The van der Waals surface area contributed by atoms with Crippen molar-refractivity contribution < 1.29 is 9.47 Å². The third-order valence-electron chi connectivity index (χ3n) is 2.08. The van der Waals surface area contributed by atoms with E-state index in [4.69, 9.17) is 9.47 Å². The van der Waals surface area contributed by atoms with Gasteiger partial charge in [-0.1, -0.05) is 13.8 Å². The molecule has 0 saturated heterocycles. The summed E-state index contributed by atoms with van der Waals surface area (Å²) in [5.41, 5.74) is 0. The van der Waals surface area contributed by atoms with Crippen LogP contribution >= 0.6 is 0 Å². The van der Waals surface area contributed by atoms with Crippen LogP contribution in [0.25, 0.3) is 0 Å². The van der Waals surface area contributed by atoms with Gasteiger partial charge in [-0.15, -0.1) is 0 Å². The second-order valence-electron chi connectivity index (χ2n) is 3.61. The molecule has 0 rings (SSSR count). The minimum Gasteiger partial charge on any atom is -0.385 e. The van der Waals surface area contributed by atoms with Gasteiger partial charge in [0.05, 0.1) is 6.61 Å². The first-order valence-electron chi connectivity index (χ1n) is 4.93. The summed E-state index contributed by atoms with van der Waals surface area (Å²) in [6, 6.07) is 0.460. The summed E-state index contributed by atoms with van der Waals surface area (Å²) in [5.74, 6) is 0.613. The van der Waals surface area contributed by atoms with E-state index in [0.717, 1.165) is 26.2 Å². The fraction of sp³-hybridized carbons (Fsp3) is 1.00. The molecule has 0 aromatic rings. The highest BCUT2D eigenvalue weighted by molar-refractivity contribution is 4.69. The minimum atomic E-state index is 0.460. The molecule has 0 aromatic heterocycles. The van der Waals surface area contributed by atoms with Gasteiger partial charge in [0.1, 0.15) is 0 Å². The molecule has 3 nitrogen and oxygen atoms in total. The SMILES string of the molecule is COCCCNC(COC)C(C)C. The van der Waals surface area contributed by atoms with Crippen LogP contribution in [0.15, 0.2) is 0 Å². The standard InChI is InChI=1S/C10H23NO2/c1-9(2)10(8-13-4)11-6-5-7-12-3/h9-11H,5-8H2,1-4H3. The van der Waals surface area contributed by atoms with Crippen molar-refractivity contribution in [1.29, 1.82) is 0 Å². The molecule has 0 fully saturated rings. The molecule has 0 bridgehead atoms. The molecule has 0 aromatic carbocycles. The molecule has 1 atom stereocenters. The normalized spacial score (nSPS) is 13.6. The molecule has 0 heterocycles. The summed E-state index contributed by atoms with van der Waals surface area (Å²) in [6.07, 6.45) is 1.06. The number of ether oxygens (including phenoxy) is 2. The van der Waals surface area contributed by atoms with Gasteiger partial charge >= 0.3 is 0 Å². The zero-order valence-electron chi connectivity index (χ0n) is 9.30. The Kier molecular flexibility index (Phi) is 8.40. The average molecular weight is 189 g/mol. The van der Waals surface area contributed by atoms with Gasteiger partial charge in [-0.3, -0.25) is 0 Å². The third kappa shape index (κ3) is 6.99. The Morgan fingerprint density at radius 3 is 2.31 bits per heavy atom. The zero-order valence-corrected chi connectivity index (χ0v) is 9.30. The summed E-state index contributed by atoms with van der Waals surface area (Å²) >= 11 is 0. The largest absolute Gasteiger partial charge is 0.385 e. The molecule has 1 N–H and O–H groups in total. The quantitative estimate of drug-likeness (QED) is 0.584. The Morgan fingerprint density at radius 2 is 1.85 bits per heavy atom. The Bertz CT molecular complexity index is 107. The van der Waals surface area contributed by atoms with Crippen molar-refractivity contribution in [3.63, 3.8) is 0 Å². The van der Waals surface area contributed by atoms with Crippen molar-refractivity contribution in [2.75, 3.05) is 34.0 Å². The van der Waals surface area contributed by atoms with Gasteiger partial charge in [0.25, 0.3) is 0 Å². The summed E-state index contributed by atoms with van der Waals surface area (Å²) in [7, 11) is 3.47. The highest BCUT2D eigenvalue weighted by Crippen LogP contribution is 2.01. The number of hydrogen-bond acceptors (Lipinski definition) is 3. The molecule has 0 aliphatic heterocycles. The van der Waals surface area contributed by atoms with E-state index in [-0.39, 0.29) is 0 Å². The van der Waals surface area contributed by atoms with Crippen molar-refractivity contribution in [3.05, 3.63) is 0 Å². The van der Waals surface area contributed by atoms with E-state index in [0.29, 0.717) is 12.0 Å². The maximum atomic E-state index is 5.13. The molecule has 0 amide bonds. The van der Waals surface area contributed by atoms with Gasteiger partial charge in [0.2, 0.25) is 0 Å². The van der Waals surface area contributed by atoms with E-state index in [9.17, 15) is 0 Å². The zero-order chi connectivity index (χ0) is 10.1. The Labute approximate surface area is 81.8 Å². The topological polar surface area (TPSA) is 30.5 Å².